The van der Waals surface area contributed by atoms with Gasteiger partial charge in [-0.3, -0.25) is 15.1 Å². The minimum Gasteiger partial charge on any atom is -0.338 e. The van der Waals surface area contributed by atoms with Crippen LogP contribution in [0.1, 0.15) is 26.3 Å². The molecule has 0 aliphatic carbocycles. The van der Waals surface area contributed by atoms with Crippen LogP contribution >= 0.6 is 15.9 Å². The Morgan fingerprint density at radius 2 is 2.11 bits per heavy atom. The number of nitrogens with one attached hydrogen (secondary N) is 2. The lowest BCUT2D eigenvalue weighted by atomic mass is 9.92. The number of carbonyl (C=O) groups is 1. The first-order valence-electron chi connectivity index (χ1n) is 5.85. The standard InChI is InChI=1S/C13H16BrN3O/c1-8(2)15-12-16-11(18)13(3,17-12)9-5-4-6-10(14)7-9/h4-8H,1-3H3,(H2,15,16,17,18). The van der Waals surface area contributed by atoms with Crippen molar-refractivity contribution >= 4 is 27.8 Å². The van der Waals surface area contributed by atoms with E-state index in [1.165, 1.54) is 0 Å². The van der Waals surface area contributed by atoms with E-state index in [0.717, 1.165) is 10.0 Å². The molecule has 1 heterocycles. The number of aliphatic imine (C=N–C) groups is 1. The lowest BCUT2D eigenvalue weighted by Crippen LogP contribution is -2.40. The molecule has 1 amide bonds. The molecule has 1 aliphatic heterocycles. The summed E-state index contributed by atoms with van der Waals surface area (Å²) in [4.78, 5) is 16.5. The van der Waals surface area contributed by atoms with Gasteiger partial charge >= 0.3 is 0 Å². The second kappa shape index (κ2) is 4.72. The molecule has 5 heteroatoms. The van der Waals surface area contributed by atoms with Crippen LogP contribution in [0.3, 0.4) is 0 Å². The number of rotatable bonds is 2. The monoisotopic (exact) mass is 309 g/mol. The molecule has 96 valence electrons. The number of carbonyl (C=O) groups excluding carboxylic acids is 1. The van der Waals surface area contributed by atoms with Gasteiger partial charge in [0, 0.05) is 10.5 Å². The average molecular weight is 310 g/mol. The fourth-order valence-electron chi connectivity index (χ4n) is 1.88. The highest BCUT2D eigenvalue weighted by atomic mass is 79.9. The van der Waals surface area contributed by atoms with Gasteiger partial charge in [-0.25, -0.2) is 0 Å². The molecule has 1 aromatic carbocycles. The summed E-state index contributed by atoms with van der Waals surface area (Å²) in [6.07, 6.45) is 0. The van der Waals surface area contributed by atoms with Gasteiger partial charge in [0.1, 0.15) is 5.54 Å². The van der Waals surface area contributed by atoms with Crippen molar-refractivity contribution in [2.45, 2.75) is 32.4 Å². The zero-order chi connectivity index (χ0) is 13.3. The molecule has 4 nitrogen and oxygen atoms in total. The molecular weight excluding hydrogens is 294 g/mol. The maximum Gasteiger partial charge on any atom is 0.256 e. The van der Waals surface area contributed by atoms with Crippen LogP contribution in [-0.2, 0) is 10.3 Å². The predicted octanol–water partition coefficient (Wildman–Crippen LogP) is 2.15. The Bertz CT molecular complexity index is 513. The third-order valence-electron chi connectivity index (χ3n) is 2.84. The second-order valence-electron chi connectivity index (χ2n) is 4.79. The van der Waals surface area contributed by atoms with Crippen LogP contribution < -0.4 is 10.6 Å². The highest BCUT2D eigenvalue weighted by Gasteiger charge is 2.42. The first-order chi connectivity index (χ1) is 8.41. The Labute approximate surface area is 115 Å². The average Bonchev–Trinajstić information content (AvgIpc) is 2.54. The van der Waals surface area contributed by atoms with Crippen molar-refractivity contribution < 1.29 is 4.79 Å². The van der Waals surface area contributed by atoms with Crippen LogP contribution in [0.25, 0.3) is 0 Å². The van der Waals surface area contributed by atoms with Crippen LogP contribution in [0.5, 0.6) is 0 Å². The summed E-state index contributed by atoms with van der Waals surface area (Å²) in [7, 11) is 0. The van der Waals surface area contributed by atoms with E-state index >= 15 is 0 Å². The molecule has 1 atom stereocenters. The maximum absolute atomic E-state index is 12.1. The lowest BCUT2D eigenvalue weighted by molar-refractivity contribution is -0.123. The smallest absolute Gasteiger partial charge is 0.256 e. The summed E-state index contributed by atoms with van der Waals surface area (Å²) in [6, 6.07) is 7.85. The number of halogens is 1. The van der Waals surface area contributed by atoms with Crippen LogP contribution in [0.15, 0.2) is 33.7 Å². The summed E-state index contributed by atoms with van der Waals surface area (Å²) in [5, 5.41) is 5.94. The van der Waals surface area contributed by atoms with E-state index in [9.17, 15) is 4.79 Å². The first-order valence-corrected chi connectivity index (χ1v) is 6.64. The normalized spacial score (nSPS) is 25.4. The molecule has 0 bridgehead atoms. The molecule has 0 radical (unpaired) electrons. The van der Waals surface area contributed by atoms with E-state index in [2.05, 4.69) is 31.6 Å². The number of hydrogen-bond acceptors (Lipinski definition) is 2. The fourth-order valence-corrected chi connectivity index (χ4v) is 2.28. The summed E-state index contributed by atoms with van der Waals surface area (Å²) >= 11 is 3.42. The summed E-state index contributed by atoms with van der Waals surface area (Å²) in [5.74, 6) is 0.456. The minimum absolute atomic E-state index is 0.0833. The largest absolute Gasteiger partial charge is 0.338 e. The van der Waals surface area contributed by atoms with E-state index in [1.54, 1.807) is 0 Å². The molecule has 1 unspecified atom stereocenters. The first kappa shape index (κ1) is 13.1. The van der Waals surface area contributed by atoms with Gasteiger partial charge in [0.2, 0.25) is 0 Å². The number of benzene rings is 1. The minimum atomic E-state index is -0.766. The molecule has 1 aliphatic rings. The highest BCUT2D eigenvalue weighted by molar-refractivity contribution is 9.10. The van der Waals surface area contributed by atoms with Gasteiger partial charge in [-0.1, -0.05) is 28.1 Å². The van der Waals surface area contributed by atoms with Gasteiger partial charge in [0.15, 0.2) is 5.96 Å². The maximum atomic E-state index is 12.1. The molecule has 2 rings (SSSR count). The van der Waals surface area contributed by atoms with E-state index < -0.39 is 5.54 Å². The zero-order valence-corrected chi connectivity index (χ0v) is 12.2. The fraction of sp³-hybridized carbons (Fsp3) is 0.385. The van der Waals surface area contributed by atoms with Crippen LogP contribution in [0.2, 0.25) is 0 Å². The van der Waals surface area contributed by atoms with Crippen molar-refractivity contribution in [1.29, 1.82) is 0 Å². The molecule has 2 N–H and O–H groups in total. The van der Waals surface area contributed by atoms with E-state index in [1.807, 2.05) is 45.0 Å². The predicted molar refractivity (Wildman–Crippen MR) is 75.3 cm³/mol. The third-order valence-corrected chi connectivity index (χ3v) is 3.34. The molecule has 1 aromatic rings. The number of hydrogen-bond donors (Lipinski definition) is 2. The van der Waals surface area contributed by atoms with E-state index in [-0.39, 0.29) is 11.9 Å². The number of amides is 1. The molecule has 1 fully saturated rings. The van der Waals surface area contributed by atoms with Crippen LogP contribution in [-0.4, -0.2) is 17.9 Å². The lowest BCUT2D eigenvalue weighted by Gasteiger charge is -2.21. The Morgan fingerprint density at radius 1 is 1.39 bits per heavy atom. The summed E-state index contributed by atoms with van der Waals surface area (Å²) < 4.78 is 0.949. The van der Waals surface area contributed by atoms with Gasteiger partial charge in [0.25, 0.3) is 5.91 Å². The summed E-state index contributed by atoms with van der Waals surface area (Å²) in [5.41, 5.74) is 0.139. The van der Waals surface area contributed by atoms with Crippen LogP contribution in [0.4, 0.5) is 0 Å². The molecular formula is C13H16BrN3O. The third kappa shape index (κ3) is 2.41. The van der Waals surface area contributed by atoms with E-state index in [4.69, 9.17) is 0 Å². The second-order valence-corrected chi connectivity index (χ2v) is 5.70. The molecule has 1 saturated heterocycles. The van der Waals surface area contributed by atoms with Crippen molar-refractivity contribution in [3.63, 3.8) is 0 Å². The Balaban J connectivity index is 2.35. The molecule has 18 heavy (non-hydrogen) atoms. The highest BCUT2D eigenvalue weighted by Crippen LogP contribution is 2.26. The van der Waals surface area contributed by atoms with Gasteiger partial charge in [-0.2, -0.15) is 0 Å². The Hall–Kier alpha value is -1.36. The molecule has 0 saturated carbocycles. The van der Waals surface area contributed by atoms with Crippen molar-refractivity contribution in [2.75, 3.05) is 0 Å². The SMILES string of the molecule is CC(C)N=C1NC(=O)C(C)(c2cccc(Br)c2)N1. The van der Waals surface area contributed by atoms with Crippen molar-refractivity contribution in [3.05, 3.63) is 34.3 Å². The van der Waals surface area contributed by atoms with Crippen molar-refractivity contribution in [1.82, 2.24) is 10.6 Å². The van der Waals surface area contributed by atoms with Crippen molar-refractivity contribution in [3.8, 4) is 0 Å². The number of nitrogens with zero attached hydrogens (tertiary/aromatic N) is 1. The van der Waals surface area contributed by atoms with Crippen LogP contribution in [0, 0.1) is 0 Å². The number of guanidine groups is 1. The summed E-state index contributed by atoms with van der Waals surface area (Å²) in [6.45, 7) is 5.79. The topological polar surface area (TPSA) is 53.5 Å². The van der Waals surface area contributed by atoms with Gasteiger partial charge in [-0.15, -0.1) is 0 Å². The molecule has 0 aromatic heterocycles. The zero-order valence-electron chi connectivity index (χ0n) is 10.6. The van der Waals surface area contributed by atoms with Gasteiger partial charge in [0.05, 0.1) is 0 Å². The van der Waals surface area contributed by atoms with Gasteiger partial charge in [-0.05, 0) is 38.5 Å². The Kier molecular flexibility index (Phi) is 3.43. The quantitative estimate of drug-likeness (QED) is 0.879. The van der Waals surface area contributed by atoms with E-state index in [0.29, 0.717) is 5.96 Å². The van der Waals surface area contributed by atoms with Gasteiger partial charge < -0.3 is 5.32 Å². The van der Waals surface area contributed by atoms with Crippen molar-refractivity contribution in [2.24, 2.45) is 4.99 Å². The Morgan fingerprint density at radius 3 is 2.72 bits per heavy atom. The molecule has 0 spiro atoms.